The van der Waals surface area contributed by atoms with Gasteiger partial charge in [0.1, 0.15) is 5.75 Å². The maximum atomic E-state index is 11.3. The number of carbonyl (C=O) groups excluding carboxylic acids is 1. The van der Waals surface area contributed by atoms with E-state index in [-0.39, 0.29) is 18.9 Å². The zero-order chi connectivity index (χ0) is 13.4. The van der Waals surface area contributed by atoms with Gasteiger partial charge in [-0.05, 0) is 24.6 Å². The van der Waals surface area contributed by atoms with Gasteiger partial charge in [0.25, 0.3) is 5.91 Å². The summed E-state index contributed by atoms with van der Waals surface area (Å²) in [5.74, 6) is 0.305. The van der Waals surface area contributed by atoms with Crippen molar-refractivity contribution in [2.75, 3.05) is 13.2 Å². The molecule has 0 aliphatic rings. The predicted octanol–water partition coefficient (Wildman–Crippen LogP) is 1.15. The Labute approximate surface area is 106 Å². The van der Waals surface area contributed by atoms with Crippen molar-refractivity contribution >= 4 is 5.91 Å². The fourth-order valence-electron chi connectivity index (χ4n) is 1.30. The molecule has 1 amide bonds. The molecule has 0 aromatic heterocycles. The maximum absolute atomic E-state index is 11.3. The lowest BCUT2D eigenvalue weighted by Crippen LogP contribution is -2.29. The van der Waals surface area contributed by atoms with E-state index in [0.717, 1.165) is 5.56 Å². The molecule has 0 saturated heterocycles. The number of nitrogens with one attached hydrogen (secondary N) is 1. The second kappa shape index (κ2) is 7.30. The number of nitriles is 1. The van der Waals surface area contributed by atoms with Gasteiger partial charge in [0.05, 0.1) is 18.6 Å². The summed E-state index contributed by atoms with van der Waals surface area (Å²) in [4.78, 5) is 11.3. The molecule has 0 heterocycles. The zero-order valence-corrected chi connectivity index (χ0v) is 10.2. The zero-order valence-electron chi connectivity index (χ0n) is 10.2. The van der Waals surface area contributed by atoms with Gasteiger partial charge in [-0.3, -0.25) is 4.79 Å². The van der Waals surface area contributed by atoms with Crippen LogP contribution >= 0.6 is 0 Å². The van der Waals surface area contributed by atoms with E-state index in [9.17, 15) is 9.90 Å². The van der Waals surface area contributed by atoms with Crippen LogP contribution in [0, 0.1) is 11.3 Å². The van der Waals surface area contributed by atoms with Gasteiger partial charge in [0.15, 0.2) is 6.61 Å². The fraction of sp³-hybridized carbons (Fsp3) is 0.385. The Morgan fingerprint density at radius 3 is 2.72 bits per heavy atom. The number of ether oxygens (including phenoxy) is 1. The first-order valence-corrected chi connectivity index (χ1v) is 5.68. The maximum Gasteiger partial charge on any atom is 0.257 e. The SMILES string of the molecule is CC(O)c1ccc(OCC(=O)NCCC#N)cc1. The molecule has 96 valence electrons. The molecule has 5 heteroatoms. The van der Waals surface area contributed by atoms with Crippen LogP contribution in [-0.4, -0.2) is 24.2 Å². The summed E-state index contributed by atoms with van der Waals surface area (Å²) in [7, 11) is 0. The molecule has 0 radical (unpaired) electrons. The van der Waals surface area contributed by atoms with Crippen LogP contribution in [0.25, 0.3) is 0 Å². The summed E-state index contributed by atoms with van der Waals surface area (Å²) >= 11 is 0. The minimum atomic E-state index is -0.520. The molecule has 18 heavy (non-hydrogen) atoms. The van der Waals surface area contributed by atoms with E-state index in [1.165, 1.54) is 0 Å². The van der Waals surface area contributed by atoms with E-state index < -0.39 is 6.10 Å². The first-order valence-electron chi connectivity index (χ1n) is 5.68. The van der Waals surface area contributed by atoms with Crippen molar-refractivity contribution in [3.63, 3.8) is 0 Å². The molecular weight excluding hydrogens is 232 g/mol. The molecule has 5 nitrogen and oxygen atoms in total. The average Bonchev–Trinajstić information content (AvgIpc) is 2.37. The average molecular weight is 248 g/mol. The van der Waals surface area contributed by atoms with Gasteiger partial charge >= 0.3 is 0 Å². The molecule has 0 bridgehead atoms. The van der Waals surface area contributed by atoms with Crippen molar-refractivity contribution in [2.24, 2.45) is 0 Å². The second-order valence-electron chi connectivity index (χ2n) is 3.79. The van der Waals surface area contributed by atoms with E-state index in [1.54, 1.807) is 31.2 Å². The van der Waals surface area contributed by atoms with Crippen molar-refractivity contribution in [2.45, 2.75) is 19.4 Å². The van der Waals surface area contributed by atoms with E-state index >= 15 is 0 Å². The Morgan fingerprint density at radius 1 is 1.50 bits per heavy atom. The van der Waals surface area contributed by atoms with E-state index in [4.69, 9.17) is 10.00 Å². The highest BCUT2D eigenvalue weighted by Crippen LogP contribution is 2.16. The molecule has 1 rings (SSSR count). The number of amides is 1. The molecule has 1 aromatic carbocycles. The number of hydrogen-bond acceptors (Lipinski definition) is 4. The van der Waals surface area contributed by atoms with E-state index in [1.807, 2.05) is 6.07 Å². The lowest BCUT2D eigenvalue weighted by Gasteiger charge is -2.08. The summed E-state index contributed by atoms with van der Waals surface area (Å²) in [6.07, 6.45) is -0.234. The van der Waals surface area contributed by atoms with Crippen LogP contribution in [0.5, 0.6) is 5.75 Å². The Morgan fingerprint density at radius 2 is 2.17 bits per heavy atom. The second-order valence-corrected chi connectivity index (χ2v) is 3.79. The Kier molecular flexibility index (Phi) is 5.68. The van der Waals surface area contributed by atoms with Crippen LogP contribution in [0.3, 0.4) is 0 Å². The summed E-state index contributed by atoms with van der Waals surface area (Å²) in [5, 5.41) is 20.2. The van der Waals surface area contributed by atoms with E-state index in [0.29, 0.717) is 12.3 Å². The lowest BCUT2D eigenvalue weighted by atomic mass is 10.1. The monoisotopic (exact) mass is 248 g/mol. The number of aliphatic hydroxyl groups is 1. The third-order valence-electron chi connectivity index (χ3n) is 2.29. The smallest absolute Gasteiger partial charge is 0.257 e. The molecule has 0 aliphatic carbocycles. The fourth-order valence-corrected chi connectivity index (χ4v) is 1.30. The number of hydrogen-bond donors (Lipinski definition) is 2. The van der Waals surface area contributed by atoms with Crippen LogP contribution in [0.15, 0.2) is 24.3 Å². The third kappa shape index (κ3) is 4.85. The molecule has 1 atom stereocenters. The van der Waals surface area contributed by atoms with Gasteiger partial charge in [-0.25, -0.2) is 0 Å². The summed E-state index contributed by atoms with van der Waals surface area (Å²) in [5.41, 5.74) is 0.792. The van der Waals surface area contributed by atoms with Gasteiger partial charge in [0, 0.05) is 6.54 Å². The van der Waals surface area contributed by atoms with Crippen molar-refractivity contribution < 1.29 is 14.6 Å². The Bertz CT molecular complexity index is 421. The molecule has 0 spiro atoms. The number of benzene rings is 1. The summed E-state index contributed by atoms with van der Waals surface area (Å²) in [6, 6.07) is 8.82. The van der Waals surface area contributed by atoms with Gasteiger partial charge in [-0.15, -0.1) is 0 Å². The number of carbonyl (C=O) groups is 1. The van der Waals surface area contributed by atoms with Crippen LogP contribution in [0.1, 0.15) is 25.0 Å². The van der Waals surface area contributed by atoms with Gasteiger partial charge in [-0.2, -0.15) is 5.26 Å². The van der Waals surface area contributed by atoms with Gasteiger partial charge in [-0.1, -0.05) is 12.1 Å². The minimum absolute atomic E-state index is 0.0839. The highest BCUT2D eigenvalue weighted by Gasteiger charge is 2.03. The normalized spacial score (nSPS) is 11.4. The lowest BCUT2D eigenvalue weighted by molar-refractivity contribution is -0.123. The van der Waals surface area contributed by atoms with Crippen molar-refractivity contribution in [3.05, 3.63) is 29.8 Å². The van der Waals surface area contributed by atoms with Crippen LogP contribution in [0.4, 0.5) is 0 Å². The highest BCUT2D eigenvalue weighted by atomic mass is 16.5. The topological polar surface area (TPSA) is 82.3 Å². The molecule has 0 aliphatic heterocycles. The summed E-state index contributed by atoms with van der Waals surface area (Å²) < 4.78 is 5.26. The third-order valence-corrected chi connectivity index (χ3v) is 2.29. The van der Waals surface area contributed by atoms with Gasteiger partial charge in [0.2, 0.25) is 0 Å². The first kappa shape index (κ1) is 14.0. The Balaban J connectivity index is 2.35. The van der Waals surface area contributed by atoms with Crippen LogP contribution in [0.2, 0.25) is 0 Å². The predicted molar refractivity (Wildman–Crippen MR) is 65.8 cm³/mol. The Hall–Kier alpha value is -2.06. The number of aliphatic hydroxyl groups excluding tert-OH is 1. The van der Waals surface area contributed by atoms with E-state index in [2.05, 4.69) is 5.32 Å². The molecule has 0 fully saturated rings. The quantitative estimate of drug-likeness (QED) is 0.740. The minimum Gasteiger partial charge on any atom is -0.484 e. The van der Waals surface area contributed by atoms with Gasteiger partial charge < -0.3 is 15.2 Å². The number of nitrogens with zero attached hydrogens (tertiary/aromatic N) is 1. The standard InChI is InChI=1S/C13H16N2O3/c1-10(16)11-3-5-12(6-4-11)18-9-13(17)15-8-2-7-14/h3-6,10,16H,2,8-9H2,1H3,(H,15,17). The molecule has 1 unspecified atom stereocenters. The largest absolute Gasteiger partial charge is 0.484 e. The first-order chi connectivity index (χ1) is 8.63. The van der Waals surface area contributed by atoms with Crippen LogP contribution in [-0.2, 0) is 4.79 Å². The van der Waals surface area contributed by atoms with Crippen molar-refractivity contribution in [1.29, 1.82) is 5.26 Å². The molecule has 0 saturated carbocycles. The number of rotatable bonds is 6. The summed E-state index contributed by atoms with van der Waals surface area (Å²) in [6.45, 7) is 1.93. The molecule has 2 N–H and O–H groups in total. The molecular formula is C13H16N2O3. The van der Waals surface area contributed by atoms with Crippen LogP contribution < -0.4 is 10.1 Å². The molecule has 1 aromatic rings. The highest BCUT2D eigenvalue weighted by molar-refractivity contribution is 5.77. The van der Waals surface area contributed by atoms with Crippen molar-refractivity contribution in [1.82, 2.24) is 5.32 Å². The van der Waals surface area contributed by atoms with Crippen molar-refractivity contribution in [3.8, 4) is 11.8 Å².